The second-order valence-corrected chi connectivity index (χ2v) is 7.20. The smallest absolute Gasteiger partial charge is 0.186 e. The van der Waals surface area contributed by atoms with Gasteiger partial charge in [-0.3, -0.25) is 0 Å². The zero-order valence-electron chi connectivity index (χ0n) is 13.6. The second kappa shape index (κ2) is 7.55. The highest BCUT2D eigenvalue weighted by Gasteiger charge is 2.46. The molecule has 6 heteroatoms. The van der Waals surface area contributed by atoms with Crippen molar-refractivity contribution in [3.63, 3.8) is 0 Å². The highest BCUT2D eigenvalue weighted by molar-refractivity contribution is 4.90. The van der Waals surface area contributed by atoms with Crippen molar-refractivity contribution in [1.82, 2.24) is 0 Å². The molecule has 2 rings (SSSR count). The van der Waals surface area contributed by atoms with Crippen molar-refractivity contribution < 1.29 is 29.9 Å². The predicted molar refractivity (Wildman–Crippen MR) is 80.0 cm³/mol. The summed E-state index contributed by atoms with van der Waals surface area (Å²) < 4.78 is 11.4. The van der Waals surface area contributed by atoms with Crippen LogP contribution in [0.15, 0.2) is 0 Å². The average Bonchev–Trinajstić information content (AvgIpc) is 2.47. The molecule has 0 spiro atoms. The lowest BCUT2D eigenvalue weighted by atomic mass is 9.75. The van der Waals surface area contributed by atoms with E-state index in [9.17, 15) is 20.4 Å². The Labute approximate surface area is 132 Å². The molecule has 0 aromatic rings. The maximum Gasteiger partial charge on any atom is 0.186 e. The van der Waals surface area contributed by atoms with E-state index in [1.807, 2.05) is 0 Å². The van der Waals surface area contributed by atoms with E-state index in [1.54, 1.807) is 0 Å². The zero-order valence-corrected chi connectivity index (χ0v) is 13.6. The molecule has 2 fully saturated rings. The molecule has 0 radical (unpaired) electrons. The van der Waals surface area contributed by atoms with Crippen LogP contribution in [-0.4, -0.2) is 63.8 Å². The minimum Gasteiger partial charge on any atom is -0.394 e. The molecule has 1 saturated carbocycles. The largest absolute Gasteiger partial charge is 0.394 e. The van der Waals surface area contributed by atoms with Crippen molar-refractivity contribution in [3.8, 4) is 0 Å². The lowest BCUT2D eigenvalue weighted by Gasteiger charge is -2.44. The fourth-order valence-corrected chi connectivity index (χ4v) is 3.62. The fourth-order valence-electron chi connectivity index (χ4n) is 3.62. The molecule has 0 bridgehead atoms. The summed E-state index contributed by atoms with van der Waals surface area (Å²) >= 11 is 0. The third-order valence-corrected chi connectivity index (χ3v) is 5.12. The first-order valence-corrected chi connectivity index (χ1v) is 8.31. The Balaban J connectivity index is 2.06. The van der Waals surface area contributed by atoms with Crippen LogP contribution in [0.4, 0.5) is 0 Å². The van der Waals surface area contributed by atoms with Gasteiger partial charge in [0.15, 0.2) is 6.29 Å². The van der Waals surface area contributed by atoms with Crippen LogP contribution in [0.25, 0.3) is 0 Å². The Morgan fingerprint density at radius 3 is 2.36 bits per heavy atom. The van der Waals surface area contributed by atoms with Gasteiger partial charge in [-0.25, -0.2) is 0 Å². The number of hydrogen-bond donors (Lipinski definition) is 4. The van der Waals surface area contributed by atoms with Crippen molar-refractivity contribution in [2.45, 2.75) is 76.8 Å². The molecule has 1 saturated heterocycles. The van der Waals surface area contributed by atoms with E-state index in [0.29, 0.717) is 17.8 Å². The number of aliphatic hydroxyl groups excluding tert-OH is 4. The summed E-state index contributed by atoms with van der Waals surface area (Å²) in [7, 11) is 0. The quantitative estimate of drug-likeness (QED) is 0.593. The van der Waals surface area contributed by atoms with Gasteiger partial charge >= 0.3 is 0 Å². The Hall–Kier alpha value is -0.240. The molecule has 0 amide bonds. The Morgan fingerprint density at radius 2 is 1.77 bits per heavy atom. The first kappa shape index (κ1) is 18.1. The topological polar surface area (TPSA) is 99.4 Å². The summed E-state index contributed by atoms with van der Waals surface area (Å²) in [5.74, 6) is 1.39. The molecule has 6 nitrogen and oxygen atoms in total. The third-order valence-electron chi connectivity index (χ3n) is 5.12. The Morgan fingerprint density at radius 1 is 1.09 bits per heavy atom. The second-order valence-electron chi connectivity index (χ2n) is 7.20. The van der Waals surface area contributed by atoms with E-state index < -0.39 is 37.3 Å². The van der Waals surface area contributed by atoms with Crippen molar-refractivity contribution in [3.05, 3.63) is 0 Å². The standard InChI is InChI=1S/C16H30O6/c1-8(2)10-5-4-9(3)6-11(10)21-16-15(20)14(19)13(18)12(7-17)22-16/h8-20H,4-7H2,1-3H3/t9-,10+,11+,12-,13-,14+,15+,16-/m1/s1. The maximum atomic E-state index is 10.1. The summed E-state index contributed by atoms with van der Waals surface area (Å²) in [6, 6.07) is 0. The molecule has 22 heavy (non-hydrogen) atoms. The van der Waals surface area contributed by atoms with Gasteiger partial charge in [0.05, 0.1) is 12.7 Å². The SMILES string of the molecule is CC(C)[C@@H]1CC[C@@H](C)C[C@@H]1O[C@@H]1O[C@H](CO)[C@@H](O)[C@H](O)[C@@H]1O. The van der Waals surface area contributed by atoms with Crippen LogP contribution < -0.4 is 0 Å². The normalized spacial score (nSPS) is 46.9. The molecule has 1 aliphatic carbocycles. The van der Waals surface area contributed by atoms with Crippen LogP contribution in [-0.2, 0) is 9.47 Å². The van der Waals surface area contributed by atoms with Gasteiger partial charge in [-0.2, -0.15) is 0 Å². The molecule has 4 N–H and O–H groups in total. The third kappa shape index (κ3) is 3.80. The van der Waals surface area contributed by atoms with Gasteiger partial charge in [0.2, 0.25) is 0 Å². The van der Waals surface area contributed by atoms with Crippen molar-refractivity contribution >= 4 is 0 Å². The maximum absolute atomic E-state index is 10.1. The molecule has 1 aliphatic heterocycles. The van der Waals surface area contributed by atoms with Crippen LogP contribution in [0, 0.1) is 17.8 Å². The number of ether oxygens (including phenoxy) is 2. The molecule has 8 atom stereocenters. The summed E-state index contributed by atoms with van der Waals surface area (Å²) in [6.45, 7) is 6.06. The highest BCUT2D eigenvalue weighted by Crippen LogP contribution is 2.37. The van der Waals surface area contributed by atoms with Crippen LogP contribution in [0.3, 0.4) is 0 Å². The minimum atomic E-state index is -1.38. The number of aliphatic hydroxyl groups is 4. The predicted octanol–water partition coefficient (Wildman–Crippen LogP) is 0.264. The van der Waals surface area contributed by atoms with Gasteiger partial charge in [-0.1, -0.05) is 27.2 Å². The van der Waals surface area contributed by atoms with E-state index in [0.717, 1.165) is 19.3 Å². The van der Waals surface area contributed by atoms with Crippen molar-refractivity contribution in [2.75, 3.05) is 6.61 Å². The number of rotatable bonds is 4. The Kier molecular flexibility index (Phi) is 6.22. The summed E-state index contributed by atoms with van der Waals surface area (Å²) in [6.07, 6.45) is -2.90. The van der Waals surface area contributed by atoms with Gasteiger partial charge in [-0.15, -0.1) is 0 Å². The van der Waals surface area contributed by atoms with E-state index in [1.165, 1.54) is 0 Å². The van der Waals surface area contributed by atoms with E-state index in [-0.39, 0.29) is 6.10 Å². The molecule has 130 valence electrons. The first-order valence-electron chi connectivity index (χ1n) is 8.31. The fraction of sp³-hybridized carbons (Fsp3) is 1.00. The zero-order chi connectivity index (χ0) is 16.4. The van der Waals surface area contributed by atoms with E-state index in [2.05, 4.69) is 20.8 Å². The summed E-state index contributed by atoms with van der Waals surface area (Å²) in [5.41, 5.74) is 0. The van der Waals surface area contributed by atoms with Gasteiger partial charge < -0.3 is 29.9 Å². The lowest BCUT2D eigenvalue weighted by molar-refractivity contribution is -0.318. The molecular weight excluding hydrogens is 288 g/mol. The molecular formula is C16H30O6. The molecule has 2 aliphatic rings. The van der Waals surface area contributed by atoms with Gasteiger partial charge in [0.1, 0.15) is 24.4 Å². The lowest BCUT2D eigenvalue weighted by Crippen LogP contribution is -2.60. The van der Waals surface area contributed by atoms with Crippen LogP contribution >= 0.6 is 0 Å². The number of hydrogen-bond acceptors (Lipinski definition) is 6. The van der Waals surface area contributed by atoms with Crippen LogP contribution in [0.5, 0.6) is 0 Å². The monoisotopic (exact) mass is 318 g/mol. The van der Waals surface area contributed by atoms with E-state index in [4.69, 9.17) is 9.47 Å². The van der Waals surface area contributed by atoms with Crippen LogP contribution in [0.1, 0.15) is 40.0 Å². The van der Waals surface area contributed by atoms with E-state index >= 15 is 0 Å². The van der Waals surface area contributed by atoms with Crippen molar-refractivity contribution in [2.24, 2.45) is 17.8 Å². The summed E-state index contributed by atoms with van der Waals surface area (Å²) in [5, 5.41) is 39.0. The average molecular weight is 318 g/mol. The van der Waals surface area contributed by atoms with Crippen molar-refractivity contribution in [1.29, 1.82) is 0 Å². The molecule has 0 unspecified atom stereocenters. The first-order chi connectivity index (χ1) is 10.3. The Bertz CT molecular complexity index is 348. The van der Waals surface area contributed by atoms with Gasteiger partial charge in [-0.05, 0) is 30.6 Å². The molecule has 1 heterocycles. The molecule has 0 aromatic carbocycles. The highest BCUT2D eigenvalue weighted by atomic mass is 16.7. The van der Waals surface area contributed by atoms with Gasteiger partial charge in [0.25, 0.3) is 0 Å². The minimum absolute atomic E-state index is 0.0508. The molecule has 0 aromatic heterocycles. The van der Waals surface area contributed by atoms with Gasteiger partial charge in [0, 0.05) is 0 Å². The summed E-state index contributed by atoms with van der Waals surface area (Å²) in [4.78, 5) is 0. The van der Waals surface area contributed by atoms with Crippen LogP contribution in [0.2, 0.25) is 0 Å².